The van der Waals surface area contributed by atoms with E-state index >= 15 is 0 Å². The molecule has 0 aliphatic carbocycles. The number of benzene rings is 1. The fourth-order valence-electron chi connectivity index (χ4n) is 1.78. The molecule has 0 saturated carbocycles. The fraction of sp³-hybridized carbons (Fsp3) is 0.267. The smallest absolute Gasteiger partial charge is 0.294 e. The summed E-state index contributed by atoms with van der Waals surface area (Å²) in [5, 5.41) is 9.11. The van der Waals surface area contributed by atoms with Crippen molar-refractivity contribution in [1.29, 1.82) is 0 Å². The van der Waals surface area contributed by atoms with Gasteiger partial charge in [-0.3, -0.25) is 9.59 Å². The summed E-state index contributed by atoms with van der Waals surface area (Å²) in [5.41, 5.74) is 1.47. The van der Waals surface area contributed by atoms with Gasteiger partial charge in [0.15, 0.2) is 0 Å². The Labute approximate surface area is 122 Å². The van der Waals surface area contributed by atoms with E-state index in [9.17, 15) is 9.59 Å². The third-order valence-corrected chi connectivity index (χ3v) is 2.81. The maximum absolute atomic E-state index is 12.0. The number of aromatic nitrogens is 1. The summed E-state index contributed by atoms with van der Waals surface area (Å²) >= 11 is 0. The Morgan fingerprint density at radius 3 is 2.67 bits per heavy atom. The van der Waals surface area contributed by atoms with Crippen LogP contribution in [-0.4, -0.2) is 23.5 Å². The molecule has 0 aliphatic rings. The van der Waals surface area contributed by atoms with Crippen molar-refractivity contribution < 1.29 is 14.1 Å². The van der Waals surface area contributed by atoms with Gasteiger partial charge < -0.3 is 15.2 Å². The number of para-hydroxylation sites is 1. The van der Waals surface area contributed by atoms with Gasteiger partial charge in [-0.25, -0.2) is 0 Å². The minimum Gasteiger partial charge on any atom is -0.352 e. The standard InChI is InChI=1S/C15H17N3O3/c1-3-8-16-14(19)11-6-4-5-7-12(11)17-15(20)13-9-10(2)18-21-13/h4-7,9H,3,8H2,1-2H3,(H,16,19)(H,17,20). The van der Waals surface area contributed by atoms with E-state index in [1.165, 1.54) is 6.07 Å². The summed E-state index contributed by atoms with van der Waals surface area (Å²) in [4.78, 5) is 24.1. The van der Waals surface area contributed by atoms with Crippen molar-refractivity contribution in [2.24, 2.45) is 0 Å². The van der Waals surface area contributed by atoms with Crippen molar-refractivity contribution >= 4 is 17.5 Å². The number of carbonyl (C=O) groups is 2. The van der Waals surface area contributed by atoms with Gasteiger partial charge >= 0.3 is 0 Å². The van der Waals surface area contributed by atoms with Crippen LogP contribution in [0.5, 0.6) is 0 Å². The lowest BCUT2D eigenvalue weighted by molar-refractivity contribution is 0.0954. The number of amides is 2. The molecule has 6 heteroatoms. The molecule has 2 aromatic rings. The number of aryl methyl sites for hydroxylation is 1. The van der Waals surface area contributed by atoms with Crippen LogP contribution < -0.4 is 10.6 Å². The molecule has 0 fully saturated rings. The molecule has 1 aromatic carbocycles. The van der Waals surface area contributed by atoms with Gasteiger partial charge in [0, 0.05) is 12.6 Å². The van der Waals surface area contributed by atoms with Crippen molar-refractivity contribution in [2.45, 2.75) is 20.3 Å². The molecule has 0 bridgehead atoms. The van der Waals surface area contributed by atoms with Gasteiger partial charge in [-0.1, -0.05) is 24.2 Å². The minimum atomic E-state index is -0.439. The maximum atomic E-state index is 12.0. The van der Waals surface area contributed by atoms with Crippen molar-refractivity contribution in [3.8, 4) is 0 Å². The first kappa shape index (κ1) is 14.8. The number of hydrogen-bond acceptors (Lipinski definition) is 4. The molecular weight excluding hydrogens is 270 g/mol. The summed E-state index contributed by atoms with van der Waals surface area (Å²) in [6.45, 7) is 4.29. The van der Waals surface area contributed by atoms with E-state index in [1.54, 1.807) is 31.2 Å². The van der Waals surface area contributed by atoms with E-state index in [2.05, 4.69) is 15.8 Å². The monoisotopic (exact) mass is 287 g/mol. The van der Waals surface area contributed by atoms with Gasteiger partial charge in [-0.15, -0.1) is 0 Å². The van der Waals surface area contributed by atoms with Crippen molar-refractivity contribution in [1.82, 2.24) is 10.5 Å². The van der Waals surface area contributed by atoms with Crippen LogP contribution in [0.2, 0.25) is 0 Å². The molecular formula is C15H17N3O3. The van der Waals surface area contributed by atoms with E-state index in [0.29, 0.717) is 23.5 Å². The second-order valence-electron chi connectivity index (χ2n) is 4.59. The van der Waals surface area contributed by atoms with E-state index in [1.807, 2.05) is 6.92 Å². The maximum Gasteiger partial charge on any atom is 0.294 e. The Balaban J connectivity index is 2.16. The highest BCUT2D eigenvalue weighted by atomic mass is 16.5. The minimum absolute atomic E-state index is 0.108. The van der Waals surface area contributed by atoms with Crippen LogP contribution in [0.15, 0.2) is 34.9 Å². The average Bonchev–Trinajstić information content (AvgIpc) is 2.92. The van der Waals surface area contributed by atoms with Crippen molar-refractivity contribution in [2.75, 3.05) is 11.9 Å². The van der Waals surface area contributed by atoms with Crippen LogP contribution in [0.25, 0.3) is 0 Å². The number of nitrogens with one attached hydrogen (secondary N) is 2. The molecule has 0 saturated heterocycles. The van der Waals surface area contributed by atoms with Crippen molar-refractivity contribution in [3.63, 3.8) is 0 Å². The average molecular weight is 287 g/mol. The van der Waals surface area contributed by atoms with Crippen LogP contribution in [-0.2, 0) is 0 Å². The van der Waals surface area contributed by atoms with Crippen molar-refractivity contribution in [3.05, 3.63) is 47.3 Å². The van der Waals surface area contributed by atoms with Gasteiger partial charge in [-0.05, 0) is 25.5 Å². The molecule has 2 amide bonds. The third kappa shape index (κ3) is 3.68. The quantitative estimate of drug-likeness (QED) is 0.884. The topological polar surface area (TPSA) is 84.2 Å². The zero-order chi connectivity index (χ0) is 15.2. The number of anilines is 1. The summed E-state index contributed by atoms with van der Waals surface area (Å²) in [5.74, 6) is -0.552. The summed E-state index contributed by atoms with van der Waals surface area (Å²) in [6, 6.07) is 8.36. The third-order valence-electron chi connectivity index (χ3n) is 2.81. The second-order valence-corrected chi connectivity index (χ2v) is 4.59. The zero-order valence-corrected chi connectivity index (χ0v) is 12.0. The molecule has 0 radical (unpaired) electrons. The lowest BCUT2D eigenvalue weighted by atomic mass is 10.1. The van der Waals surface area contributed by atoms with Crippen LogP contribution in [0.3, 0.4) is 0 Å². The van der Waals surface area contributed by atoms with E-state index in [0.717, 1.165) is 6.42 Å². The van der Waals surface area contributed by atoms with Gasteiger partial charge in [0.25, 0.3) is 11.8 Å². The lowest BCUT2D eigenvalue weighted by Gasteiger charge is -2.10. The van der Waals surface area contributed by atoms with Crippen LogP contribution in [0.1, 0.15) is 40.0 Å². The lowest BCUT2D eigenvalue weighted by Crippen LogP contribution is -2.25. The molecule has 1 aromatic heterocycles. The molecule has 110 valence electrons. The SMILES string of the molecule is CCCNC(=O)c1ccccc1NC(=O)c1cc(C)no1. The fourth-order valence-corrected chi connectivity index (χ4v) is 1.78. The number of nitrogens with zero attached hydrogens (tertiary/aromatic N) is 1. The van der Waals surface area contributed by atoms with E-state index < -0.39 is 5.91 Å². The largest absolute Gasteiger partial charge is 0.352 e. The molecule has 0 atom stereocenters. The van der Waals surface area contributed by atoms with Gasteiger partial charge in [0.05, 0.1) is 16.9 Å². The Kier molecular flexibility index (Phi) is 4.71. The molecule has 6 nitrogen and oxygen atoms in total. The Morgan fingerprint density at radius 1 is 1.24 bits per heavy atom. The summed E-state index contributed by atoms with van der Waals surface area (Å²) < 4.78 is 4.90. The first-order valence-electron chi connectivity index (χ1n) is 6.73. The Morgan fingerprint density at radius 2 is 2.00 bits per heavy atom. The van der Waals surface area contributed by atoms with Crippen LogP contribution in [0, 0.1) is 6.92 Å². The molecule has 1 heterocycles. The highest BCUT2D eigenvalue weighted by Crippen LogP contribution is 2.16. The number of carbonyl (C=O) groups excluding carboxylic acids is 2. The highest BCUT2D eigenvalue weighted by Gasteiger charge is 2.16. The first-order valence-corrected chi connectivity index (χ1v) is 6.73. The molecule has 0 unspecified atom stereocenters. The second kappa shape index (κ2) is 6.69. The first-order chi connectivity index (χ1) is 10.1. The predicted molar refractivity (Wildman–Crippen MR) is 78.3 cm³/mol. The highest BCUT2D eigenvalue weighted by molar-refractivity contribution is 6.07. The summed E-state index contributed by atoms with van der Waals surface area (Å²) in [6.07, 6.45) is 0.845. The molecule has 2 N–H and O–H groups in total. The zero-order valence-electron chi connectivity index (χ0n) is 12.0. The normalized spacial score (nSPS) is 10.2. The van der Waals surface area contributed by atoms with E-state index in [-0.39, 0.29) is 11.7 Å². The number of hydrogen-bond donors (Lipinski definition) is 2. The van der Waals surface area contributed by atoms with Gasteiger partial charge in [0.2, 0.25) is 5.76 Å². The van der Waals surface area contributed by atoms with E-state index in [4.69, 9.17) is 4.52 Å². The molecule has 0 aliphatic heterocycles. The molecule has 2 rings (SSSR count). The van der Waals surface area contributed by atoms with Crippen LogP contribution in [0.4, 0.5) is 5.69 Å². The Bertz CT molecular complexity index is 649. The van der Waals surface area contributed by atoms with Crippen LogP contribution >= 0.6 is 0 Å². The molecule has 0 spiro atoms. The summed E-state index contributed by atoms with van der Waals surface area (Å²) in [7, 11) is 0. The number of rotatable bonds is 5. The van der Waals surface area contributed by atoms with Gasteiger partial charge in [0.1, 0.15) is 0 Å². The van der Waals surface area contributed by atoms with Gasteiger partial charge in [-0.2, -0.15) is 0 Å². The molecule has 21 heavy (non-hydrogen) atoms. The Hall–Kier alpha value is -2.63. The predicted octanol–water partition coefficient (Wildman–Crippen LogP) is 2.38.